The number of nitrogens with zero attached hydrogens (tertiary/aromatic N) is 1. The Bertz CT molecular complexity index is 273. The second kappa shape index (κ2) is 2.42. The van der Waals surface area contributed by atoms with Crippen LogP contribution in [0.2, 0.25) is 0 Å². The third-order valence-electron chi connectivity index (χ3n) is 1.85. The number of ether oxygens (including phenoxy) is 1. The van der Waals surface area contributed by atoms with Gasteiger partial charge in [0.25, 0.3) is 0 Å². The van der Waals surface area contributed by atoms with Crippen molar-refractivity contribution in [3.63, 3.8) is 0 Å². The minimum absolute atomic E-state index is 0.516. The van der Waals surface area contributed by atoms with Crippen molar-refractivity contribution >= 4 is 5.82 Å². The molecule has 1 aliphatic rings. The second-order valence-electron chi connectivity index (χ2n) is 2.64. The Balaban J connectivity index is 2.49. The molecule has 0 saturated carbocycles. The van der Waals surface area contributed by atoms with Gasteiger partial charge >= 0.3 is 0 Å². The highest BCUT2D eigenvalue weighted by atomic mass is 16.5. The molecule has 2 rings (SSSR count). The van der Waals surface area contributed by atoms with Crippen LogP contribution in [0.4, 0.5) is 5.82 Å². The van der Waals surface area contributed by atoms with Crippen LogP contribution in [0, 0.1) is 0 Å². The second-order valence-corrected chi connectivity index (χ2v) is 2.64. The molecule has 0 fully saturated rings. The molecule has 0 amide bonds. The molecule has 0 bridgehead atoms. The average molecular weight is 150 g/mol. The molecule has 1 aromatic rings. The van der Waals surface area contributed by atoms with Crippen LogP contribution < -0.4 is 10.5 Å². The van der Waals surface area contributed by atoms with E-state index in [1.165, 1.54) is 5.56 Å². The fraction of sp³-hybridized carbons (Fsp3) is 0.375. The van der Waals surface area contributed by atoms with Crippen LogP contribution in [0.25, 0.3) is 0 Å². The number of aryl methyl sites for hydroxylation is 1. The molecular weight excluding hydrogens is 140 g/mol. The predicted molar refractivity (Wildman–Crippen MR) is 42.5 cm³/mol. The molecule has 0 saturated heterocycles. The number of anilines is 1. The number of hydrogen-bond donors (Lipinski definition) is 1. The van der Waals surface area contributed by atoms with E-state index in [1.807, 2.05) is 6.07 Å². The van der Waals surface area contributed by atoms with Gasteiger partial charge in [0.15, 0.2) is 11.6 Å². The lowest BCUT2D eigenvalue weighted by molar-refractivity contribution is 0.289. The summed E-state index contributed by atoms with van der Waals surface area (Å²) in [6.07, 6.45) is 3.86. The monoisotopic (exact) mass is 150 g/mol. The van der Waals surface area contributed by atoms with Gasteiger partial charge < -0.3 is 10.5 Å². The molecule has 3 heteroatoms. The zero-order valence-corrected chi connectivity index (χ0v) is 6.21. The normalized spacial score (nSPS) is 15.3. The molecule has 3 nitrogen and oxygen atoms in total. The summed E-state index contributed by atoms with van der Waals surface area (Å²) in [6, 6.07) is 1.96. The van der Waals surface area contributed by atoms with E-state index in [9.17, 15) is 0 Å². The summed E-state index contributed by atoms with van der Waals surface area (Å²) in [4.78, 5) is 3.95. The minimum atomic E-state index is 0.516. The summed E-state index contributed by atoms with van der Waals surface area (Å²) >= 11 is 0. The van der Waals surface area contributed by atoms with Gasteiger partial charge in [0.1, 0.15) is 0 Å². The number of rotatable bonds is 0. The van der Waals surface area contributed by atoms with Crippen molar-refractivity contribution in [2.24, 2.45) is 0 Å². The van der Waals surface area contributed by atoms with Crippen LogP contribution in [-0.4, -0.2) is 11.6 Å². The maximum Gasteiger partial charge on any atom is 0.166 e. The van der Waals surface area contributed by atoms with E-state index in [1.54, 1.807) is 6.20 Å². The third-order valence-corrected chi connectivity index (χ3v) is 1.85. The maximum absolute atomic E-state index is 5.61. The van der Waals surface area contributed by atoms with E-state index < -0.39 is 0 Å². The molecule has 11 heavy (non-hydrogen) atoms. The summed E-state index contributed by atoms with van der Waals surface area (Å²) in [5.74, 6) is 1.31. The number of aromatic nitrogens is 1. The number of pyridine rings is 1. The first-order chi connectivity index (χ1) is 5.38. The highest BCUT2D eigenvalue weighted by Gasteiger charge is 2.12. The number of nitrogen functional groups attached to an aromatic ring is 1. The Morgan fingerprint density at radius 2 is 2.45 bits per heavy atom. The van der Waals surface area contributed by atoms with Crippen molar-refractivity contribution in [2.75, 3.05) is 12.3 Å². The average Bonchev–Trinajstić information content (AvgIpc) is 2.06. The van der Waals surface area contributed by atoms with E-state index in [0.29, 0.717) is 5.82 Å². The molecule has 1 aromatic heterocycles. The Morgan fingerprint density at radius 3 is 3.27 bits per heavy atom. The molecule has 1 aliphatic heterocycles. The molecule has 2 N–H and O–H groups in total. The quantitative estimate of drug-likeness (QED) is 0.600. The van der Waals surface area contributed by atoms with Gasteiger partial charge in [-0.25, -0.2) is 4.98 Å². The van der Waals surface area contributed by atoms with Gasteiger partial charge in [-0.15, -0.1) is 0 Å². The SMILES string of the molecule is Nc1nccc2c1OCCC2. The van der Waals surface area contributed by atoms with Gasteiger partial charge in [0, 0.05) is 6.20 Å². The standard InChI is InChI=1S/C8H10N2O/c9-8-7-6(3-4-10-8)2-1-5-11-7/h3-4H,1-2,5H2,(H2,9,10). The molecule has 0 unspecified atom stereocenters. The molecular formula is C8H10N2O. The number of nitrogens with two attached hydrogens (primary N) is 1. The highest BCUT2D eigenvalue weighted by molar-refractivity contribution is 5.51. The molecule has 0 atom stereocenters. The lowest BCUT2D eigenvalue weighted by Crippen LogP contribution is -2.10. The van der Waals surface area contributed by atoms with E-state index >= 15 is 0 Å². The Hall–Kier alpha value is -1.25. The van der Waals surface area contributed by atoms with Crippen molar-refractivity contribution < 1.29 is 4.74 Å². The van der Waals surface area contributed by atoms with Crippen molar-refractivity contribution in [2.45, 2.75) is 12.8 Å². The van der Waals surface area contributed by atoms with Crippen molar-refractivity contribution in [1.29, 1.82) is 0 Å². The van der Waals surface area contributed by atoms with Crippen LogP contribution in [0.15, 0.2) is 12.3 Å². The molecule has 2 heterocycles. The Kier molecular flexibility index (Phi) is 1.42. The van der Waals surface area contributed by atoms with E-state index in [0.717, 1.165) is 25.2 Å². The Labute approximate surface area is 65.2 Å². The van der Waals surface area contributed by atoms with Crippen LogP contribution in [0.5, 0.6) is 5.75 Å². The smallest absolute Gasteiger partial charge is 0.166 e. The molecule has 0 aliphatic carbocycles. The van der Waals surface area contributed by atoms with Gasteiger partial charge in [-0.05, 0) is 24.5 Å². The van der Waals surface area contributed by atoms with Crippen LogP contribution in [-0.2, 0) is 6.42 Å². The zero-order chi connectivity index (χ0) is 7.68. The minimum Gasteiger partial charge on any atom is -0.489 e. The summed E-state index contributed by atoms with van der Waals surface area (Å²) in [7, 11) is 0. The van der Waals surface area contributed by atoms with Gasteiger partial charge in [0.05, 0.1) is 6.61 Å². The topological polar surface area (TPSA) is 48.1 Å². The van der Waals surface area contributed by atoms with E-state index in [4.69, 9.17) is 10.5 Å². The first kappa shape index (κ1) is 6.46. The van der Waals surface area contributed by atoms with Gasteiger partial charge in [-0.2, -0.15) is 0 Å². The molecule has 0 aromatic carbocycles. The Morgan fingerprint density at radius 1 is 1.55 bits per heavy atom. The molecule has 0 spiro atoms. The highest BCUT2D eigenvalue weighted by Crippen LogP contribution is 2.28. The fourth-order valence-electron chi connectivity index (χ4n) is 1.31. The zero-order valence-electron chi connectivity index (χ0n) is 6.21. The fourth-order valence-corrected chi connectivity index (χ4v) is 1.31. The molecule has 0 radical (unpaired) electrons. The predicted octanol–water partition coefficient (Wildman–Crippen LogP) is 0.989. The molecule has 58 valence electrons. The summed E-state index contributed by atoms with van der Waals surface area (Å²) < 4.78 is 5.37. The first-order valence-corrected chi connectivity index (χ1v) is 3.74. The van der Waals surface area contributed by atoms with Crippen LogP contribution in [0.3, 0.4) is 0 Å². The van der Waals surface area contributed by atoms with Crippen molar-refractivity contribution in [3.8, 4) is 5.75 Å². The van der Waals surface area contributed by atoms with Gasteiger partial charge in [0.2, 0.25) is 0 Å². The summed E-state index contributed by atoms with van der Waals surface area (Å²) in [5.41, 5.74) is 6.79. The summed E-state index contributed by atoms with van der Waals surface area (Å²) in [6.45, 7) is 0.767. The van der Waals surface area contributed by atoms with E-state index in [-0.39, 0.29) is 0 Å². The lowest BCUT2D eigenvalue weighted by Gasteiger charge is -2.17. The van der Waals surface area contributed by atoms with Crippen molar-refractivity contribution in [1.82, 2.24) is 4.98 Å². The van der Waals surface area contributed by atoms with Crippen LogP contribution in [0.1, 0.15) is 12.0 Å². The van der Waals surface area contributed by atoms with Crippen molar-refractivity contribution in [3.05, 3.63) is 17.8 Å². The van der Waals surface area contributed by atoms with Gasteiger partial charge in [-0.3, -0.25) is 0 Å². The first-order valence-electron chi connectivity index (χ1n) is 3.74. The third kappa shape index (κ3) is 1.02. The largest absolute Gasteiger partial charge is 0.489 e. The van der Waals surface area contributed by atoms with Gasteiger partial charge in [-0.1, -0.05) is 0 Å². The number of fused-ring (bicyclic) bond motifs is 1. The summed E-state index contributed by atoms with van der Waals surface area (Å²) in [5, 5.41) is 0. The lowest BCUT2D eigenvalue weighted by atomic mass is 10.1. The van der Waals surface area contributed by atoms with E-state index in [2.05, 4.69) is 4.98 Å². The maximum atomic E-state index is 5.61. The number of hydrogen-bond acceptors (Lipinski definition) is 3. The van der Waals surface area contributed by atoms with Crippen LogP contribution >= 0.6 is 0 Å².